The number of hydrogen-bond donors (Lipinski definition) is 0. The minimum Gasteiger partial charge on any atom is -0.458 e. The van der Waals surface area contributed by atoms with E-state index in [1.807, 2.05) is 0 Å². The molecule has 1 aliphatic rings. The van der Waals surface area contributed by atoms with Gasteiger partial charge in [-0.3, -0.25) is 0 Å². The van der Waals surface area contributed by atoms with Gasteiger partial charge in [-0.2, -0.15) is 0 Å². The number of benzene rings is 6. The summed E-state index contributed by atoms with van der Waals surface area (Å²) in [4.78, 5) is 0. The fourth-order valence-electron chi connectivity index (χ4n) is 7.55. The Balaban J connectivity index is 1.19. The highest BCUT2D eigenvalue weighted by Gasteiger charge is 2.21. The van der Waals surface area contributed by atoms with Gasteiger partial charge in [0.25, 0.3) is 0 Å². The molecule has 0 bridgehead atoms. The van der Waals surface area contributed by atoms with E-state index in [0.29, 0.717) is 0 Å². The average molecular weight is 577 g/mol. The number of furan rings is 1. The summed E-state index contributed by atoms with van der Waals surface area (Å²) in [5, 5.41) is 6.19. The molecule has 3 aromatic heterocycles. The van der Waals surface area contributed by atoms with E-state index in [1.165, 1.54) is 71.4 Å². The van der Waals surface area contributed by atoms with E-state index in [4.69, 9.17) is 4.42 Å². The molecule has 212 valence electrons. The molecule has 3 nitrogen and oxygen atoms in total. The van der Waals surface area contributed by atoms with Crippen LogP contribution in [0.15, 0.2) is 144 Å². The van der Waals surface area contributed by atoms with Crippen molar-refractivity contribution in [3.05, 3.63) is 151 Å². The molecule has 0 saturated heterocycles. The summed E-state index contributed by atoms with van der Waals surface area (Å²) in [6.07, 6.45) is 6.45. The monoisotopic (exact) mass is 576 g/mol. The van der Waals surface area contributed by atoms with E-state index in [-0.39, 0.29) is 0 Å². The minimum atomic E-state index is 0.949. The number of nitrogens with zero attached hydrogens (tertiary/aromatic N) is 2. The van der Waals surface area contributed by atoms with Crippen molar-refractivity contribution in [1.82, 2.24) is 9.13 Å². The molecule has 9 aromatic rings. The first kappa shape index (κ1) is 24.6. The molecule has 0 N–H and O–H groups in total. The Morgan fingerprint density at radius 3 is 1.82 bits per heavy atom. The number of para-hydroxylation sites is 4. The fraction of sp³-hybridized carbons (Fsp3) is 0.0476. The van der Waals surface area contributed by atoms with Gasteiger partial charge in [-0.1, -0.05) is 91.0 Å². The van der Waals surface area contributed by atoms with Gasteiger partial charge in [-0.05, 0) is 72.1 Å². The van der Waals surface area contributed by atoms with Crippen LogP contribution in [-0.2, 0) is 6.42 Å². The minimum absolute atomic E-state index is 0.949. The van der Waals surface area contributed by atoms with E-state index in [0.717, 1.165) is 29.9 Å². The third kappa shape index (κ3) is 3.52. The van der Waals surface area contributed by atoms with Gasteiger partial charge in [0.05, 0.1) is 27.8 Å². The molecule has 0 unspecified atom stereocenters. The number of allylic oxidation sites excluding steroid dienone is 1. The van der Waals surface area contributed by atoms with Crippen LogP contribution < -0.4 is 0 Å². The Kier molecular flexibility index (Phi) is 5.11. The number of aromatic nitrogens is 2. The second-order valence-corrected chi connectivity index (χ2v) is 12.0. The van der Waals surface area contributed by atoms with Gasteiger partial charge < -0.3 is 13.6 Å². The quantitative estimate of drug-likeness (QED) is 0.205. The summed E-state index contributed by atoms with van der Waals surface area (Å²) in [7, 11) is 0. The maximum Gasteiger partial charge on any atom is 0.158 e. The molecule has 3 heteroatoms. The molecule has 10 rings (SSSR count). The zero-order valence-corrected chi connectivity index (χ0v) is 24.6. The summed E-state index contributed by atoms with van der Waals surface area (Å²) >= 11 is 0. The Hall–Kier alpha value is -5.80. The van der Waals surface area contributed by atoms with Crippen LogP contribution >= 0.6 is 0 Å². The van der Waals surface area contributed by atoms with Gasteiger partial charge in [0.1, 0.15) is 5.76 Å². The van der Waals surface area contributed by atoms with Crippen LogP contribution in [-0.4, -0.2) is 9.13 Å². The van der Waals surface area contributed by atoms with E-state index in [9.17, 15) is 0 Å². The second kappa shape index (κ2) is 9.35. The van der Waals surface area contributed by atoms with Crippen molar-refractivity contribution < 1.29 is 4.42 Å². The average Bonchev–Trinajstić information content (AvgIpc) is 3.76. The van der Waals surface area contributed by atoms with Gasteiger partial charge in [0.2, 0.25) is 0 Å². The lowest BCUT2D eigenvalue weighted by Gasteiger charge is -2.10. The molecular weight excluding hydrogens is 548 g/mol. The highest BCUT2D eigenvalue weighted by molar-refractivity contribution is 6.13. The zero-order valence-electron chi connectivity index (χ0n) is 24.6. The lowest BCUT2D eigenvalue weighted by atomic mass is 10.0. The first-order valence-corrected chi connectivity index (χ1v) is 15.7. The molecule has 45 heavy (non-hydrogen) atoms. The standard InChI is InChI=1S/C42H28N2O/c1-2-11-29(12-3-1)43-36-17-7-4-13-30(36)34-25-27(21-23-38(34)43)28-22-24-39-35(26-28)31-14-5-8-18-37(31)44(39)40-19-10-16-33-32-15-6-9-20-41(32)45-42(33)40/h1-8,10-19,21-26H,9,20H2. The van der Waals surface area contributed by atoms with Gasteiger partial charge in [0.15, 0.2) is 5.58 Å². The van der Waals surface area contributed by atoms with Gasteiger partial charge in [0, 0.05) is 44.6 Å². The van der Waals surface area contributed by atoms with Crippen molar-refractivity contribution >= 4 is 60.7 Å². The van der Waals surface area contributed by atoms with E-state index in [1.54, 1.807) is 0 Å². The van der Waals surface area contributed by atoms with E-state index < -0.39 is 0 Å². The van der Waals surface area contributed by atoms with Crippen molar-refractivity contribution in [2.45, 2.75) is 12.8 Å². The number of rotatable bonds is 3. The van der Waals surface area contributed by atoms with Gasteiger partial charge in [-0.25, -0.2) is 0 Å². The van der Waals surface area contributed by atoms with Crippen LogP contribution in [0.2, 0.25) is 0 Å². The molecule has 0 radical (unpaired) electrons. The third-order valence-electron chi connectivity index (χ3n) is 9.57. The Morgan fingerprint density at radius 1 is 0.489 bits per heavy atom. The number of hydrogen-bond acceptors (Lipinski definition) is 1. The molecule has 0 spiro atoms. The molecule has 6 aromatic carbocycles. The molecule has 0 aliphatic heterocycles. The largest absolute Gasteiger partial charge is 0.458 e. The van der Waals surface area contributed by atoms with Crippen molar-refractivity contribution in [3.63, 3.8) is 0 Å². The predicted molar refractivity (Wildman–Crippen MR) is 188 cm³/mol. The molecule has 0 amide bonds. The molecule has 0 atom stereocenters. The molecule has 0 fully saturated rings. The number of aryl methyl sites for hydroxylation is 1. The van der Waals surface area contributed by atoms with E-state index >= 15 is 0 Å². The lowest BCUT2D eigenvalue weighted by molar-refractivity contribution is 0.545. The van der Waals surface area contributed by atoms with Crippen LogP contribution in [0.5, 0.6) is 0 Å². The van der Waals surface area contributed by atoms with E-state index in [2.05, 4.69) is 155 Å². The van der Waals surface area contributed by atoms with Crippen molar-refractivity contribution in [1.29, 1.82) is 0 Å². The molecule has 3 heterocycles. The summed E-state index contributed by atoms with van der Waals surface area (Å²) in [5.74, 6) is 1.09. The summed E-state index contributed by atoms with van der Waals surface area (Å²) < 4.78 is 11.3. The SMILES string of the molecule is C1=Cc2c(oc3c(-n4c5ccccc5c5cc(-c6ccc7c(c6)c6ccccc6n7-c6ccccc6)ccc54)cccc23)CC1. The topological polar surface area (TPSA) is 23.0 Å². The maximum atomic E-state index is 6.57. The van der Waals surface area contributed by atoms with Crippen molar-refractivity contribution in [2.24, 2.45) is 0 Å². The Bertz CT molecular complexity index is 2650. The smallest absolute Gasteiger partial charge is 0.158 e. The van der Waals surface area contributed by atoms with Crippen LogP contribution in [0, 0.1) is 0 Å². The van der Waals surface area contributed by atoms with Crippen molar-refractivity contribution in [2.75, 3.05) is 0 Å². The molecule has 0 saturated carbocycles. The van der Waals surface area contributed by atoms with Crippen LogP contribution in [0.3, 0.4) is 0 Å². The van der Waals surface area contributed by atoms with Crippen molar-refractivity contribution in [3.8, 4) is 22.5 Å². The lowest BCUT2D eigenvalue weighted by Crippen LogP contribution is -1.94. The highest BCUT2D eigenvalue weighted by Crippen LogP contribution is 2.41. The third-order valence-corrected chi connectivity index (χ3v) is 9.57. The van der Waals surface area contributed by atoms with Crippen LogP contribution in [0.25, 0.3) is 83.2 Å². The summed E-state index contributed by atoms with van der Waals surface area (Å²) in [6, 6.07) is 48.4. The van der Waals surface area contributed by atoms with Gasteiger partial charge >= 0.3 is 0 Å². The highest BCUT2D eigenvalue weighted by atomic mass is 16.3. The summed E-state index contributed by atoms with van der Waals surface area (Å²) in [5.41, 5.74) is 11.7. The molecular formula is C42H28N2O. The van der Waals surface area contributed by atoms with Crippen LogP contribution in [0.4, 0.5) is 0 Å². The van der Waals surface area contributed by atoms with Gasteiger partial charge in [-0.15, -0.1) is 0 Å². The second-order valence-electron chi connectivity index (χ2n) is 12.0. The normalized spacial score (nSPS) is 13.1. The maximum absolute atomic E-state index is 6.57. The first-order chi connectivity index (χ1) is 22.3. The zero-order chi connectivity index (χ0) is 29.5. The van der Waals surface area contributed by atoms with Crippen LogP contribution in [0.1, 0.15) is 17.7 Å². The first-order valence-electron chi connectivity index (χ1n) is 15.7. The number of fused-ring (bicyclic) bond motifs is 9. The summed E-state index contributed by atoms with van der Waals surface area (Å²) in [6.45, 7) is 0. The Labute approximate surface area is 259 Å². The predicted octanol–water partition coefficient (Wildman–Crippen LogP) is 11.3. The molecule has 1 aliphatic carbocycles. The Morgan fingerprint density at radius 2 is 1.09 bits per heavy atom. The fourth-order valence-corrected chi connectivity index (χ4v) is 7.55.